The Bertz CT molecular complexity index is 1680. The van der Waals surface area contributed by atoms with Gasteiger partial charge >= 0.3 is 0 Å². The molecule has 0 aliphatic heterocycles. The average molecular weight is 493 g/mol. The molecule has 2 heterocycles. The molecule has 0 amide bonds. The SMILES string of the molecule is Cc1ccccc1-n1c(CNc2ncnc(N)c2C(N)c2cccc(O)c2)cc2cccc(C)c2c1=O. The molecule has 6 N–H and O–H groups in total. The van der Waals surface area contributed by atoms with Crippen molar-refractivity contribution in [2.45, 2.75) is 26.4 Å². The highest BCUT2D eigenvalue weighted by atomic mass is 16.3. The van der Waals surface area contributed by atoms with Gasteiger partial charge in [-0.1, -0.05) is 48.5 Å². The van der Waals surface area contributed by atoms with Crippen molar-refractivity contribution in [2.24, 2.45) is 5.73 Å². The summed E-state index contributed by atoms with van der Waals surface area (Å²) in [6.45, 7) is 4.21. The standard InChI is InChI=1S/C29H28N6O2/c1-17-7-3-4-12-23(17)35-21(13-19-9-5-8-18(2)24(19)29(35)37)15-32-28-25(27(31)33-16-34-28)26(30)20-10-6-11-22(36)14-20/h3-14,16,26,36H,15,30H2,1-2H3,(H3,31,32,33,34). The Labute approximate surface area is 214 Å². The molecule has 5 rings (SSSR count). The van der Waals surface area contributed by atoms with Crippen LogP contribution in [0, 0.1) is 13.8 Å². The first kappa shape index (κ1) is 24.0. The summed E-state index contributed by atoms with van der Waals surface area (Å²) >= 11 is 0. The molecular formula is C29H28N6O2. The topological polar surface area (TPSA) is 132 Å². The predicted molar refractivity (Wildman–Crippen MR) is 147 cm³/mol. The van der Waals surface area contributed by atoms with E-state index in [-0.39, 0.29) is 23.7 Å². The number of para-hydroxylation sites is 1. The zero-order valence-electron chi connectivity index (χ0n) is 20.6. The molecule has 3 aromatic carbocycles. The number of nitrogen functional groups attached to an aromatic ring is 1. The molecule has 1 atom stereocenters. The number of aryl methyl sites for hydroxylation is 2. The maximum Gasteiger partial charge on any atom is 0.263 e. The minimum absolute atomic E-state index is 0.0828. The molecule has 186 valence electrons. The van der Waals surface area contributed by atoms with Crippen LogP contribution < -0.4 is 22.3 Å². The maximum atomic E-state index is 13.8. The first-order valence-electron chi connectivity index (χ1n) is 11.9. The van der Waals surface area contributed by atoms with Crippen molar-refractivity contribution in [3.05, 3.63) is 117 Å². The van der Waals surface area contributed by atoms with Crippen molar-refractivity contribution in [2.75, 3.05) is 11.1 Å². The molecule has 1 unspecified atom stereocenters. The fourth-order valence-electron chi connectivity index (χ4n) is 4.71. The van der Waals surface area contributed by atoms with Gasteiger partial charge < -0.3 is 21.9 Å². The number of phenolic OH excluding ortho intramolecular Hbond substituents is 1. The minimum atomic E-state index is -0.673. The van der Waals surface area contributed by atoms with Gasteiger partial charge in [0.05, 0.1) is 29.2 Å². The summed E-state index contributed by atoms with van der Waals surface area (Å²) in [5, 5.41) is 14.8. The number of hydrogen-bond donors (Lipinski definition) is 4. The largest absolute Gasteiger partial charge is 0.508 e. The molecule has 0 radical (unpaired) electrons. The zero-order valence-corrected chi connectivity index (χ0v) is 20.6. The lowest BCUT2D eigenvalue weighted by molar-refractivity contribution is 0.474. The number of nitrogens with two attached hydrogens (primary N) is 2. The molecule has 0 aliphatic rings. The zero-order chi connectivity index (χ0) is 26.1. The lowest BCUT2D eigenvalue weighted by atomic mass is 10.00. The normalized spacial score (nSPS) is 12.0. The Balaban J connectivity index is 1.61. The molecule has 8 nitrogen and oxygen atoms in total. The van der Waals surface area contributed by atoms with Crippen molar-refractivity contribution in [3.63, 3.8) is 0 Å². The van der Waals surface area contributed by atoms with Crippen LogP contribution in [-0.4, -0.2) is 19.6 Å². The second-order valence-corrected chi connectivity index (χ2v) is 9.05. The monoisotopic (exact) mass is 492 g/mol. The summed E-state index contributed by atoms with van der Waals surface area (Å²) in [4.78, 5) is 22.4. The molecule has 5 aromatic rings. The van der Waals surface area contributed by atoms with Crippen LogP contribution in [-0.2, 0) is 6.54 Å². The lowest BCUT2D eigenvalue weighted by Crippen LogP contribution is -2.25. The number of aromatic nitrogens is 3. The van der Waals surface area contributed by atoms with E-state index in [9.17, 15) is 9.90 Å². The Morgan fingerprint density at radius 2 is 1.73 bits per heavy atom. The van der Waals surface area contributed by atoms with E-state index in [0.29, 0.717) is 22.3 Å². The molecule has 0 aliphatic carbocycles. The Hall–Kier alpha value is -4.69. The third-order valence-corrected chi connectivity index (χ3v) is 6.58. The highest BCUT2D eigenvalue weighted by Gasteiger charge is 2.20. The minimum Gasteiger partial charge on any atom is -0.508 e. The number of anilines is 2. The number of hydrogen-bond acceptors (Lipinski definition) is 7. The smallest absolute Gasteiger partial charge is 0.263 e. The molecule has 0 fully saturated rings. The van der Waals surface area contributed by atoms with Gasteiger partial charge in [-0.3, -0.25) is 9.36 Å². The first-order valence-corrected chi connectivity index (χ1v) is 11.9. The van der Waals surface area contributed by atoms with E-state index in [1.54, 1.807) is 22.8 Å². The van der Waals surface area contributed by atoms with E-state index >= 15 is 0 Å². The third-order valence-electron chi connectivity index (χ3n) is 6.58. The Kier molecular flexibility index (Phi) is 6.33. The number of nitrogens with one attached hydrogen (secondary N) is 1. The van der Waals surface area contributed by atoms with Crippen LogP contribution in [0.25, 0.3) is 16.5 Å². The second kappa shape index (κ2) is 9.75. The van der Waals surface area contributed by atoms with E-state index in [1.165, 1.54) is 6.33 Å². The second-order valence-electron chi connectivity index (χ2n) is 9.05. The highest BCUT2D eigenvalue weighted by molar-refractivity contribution is 5.85. The predicted octanol–water partition coefficient (Wildman–Crippen LogP) is 4.35. The van der Waals surface area contributed by atoms with Crippen LogP contribution in [0.5, 0.6) is 5.75 Å². The molecular weight excluding hydrogens is 464 g/mol. The molecule has 0 saturated heterocycles. The van der Waals surface area contributed by atoms with E-state index in [0.717, 1.165) is 27.9 Å². The quantitative estimate of drug-likeness (QED) is 0.277. The van der Waals surface area contributed by atoms with Gasteiger partial charge in [0.25, 0.3) is 5.56 Å². The van der Waals surface area contributed by atoms with E-state index in [4.69, 9.17) is 11.5 Å². The van der Waals surface area contributed by atoms with Crippen LogP contribution in [0.3, 0.4) is 0 Å². The number of pyridine rings is 1. The fraction of sp³-hybridized carbons (Fsp3) is 0.138. The van der Waals surface area contributed by atoms with Gasteiger partial charge in [-0.2, -0.15) is 0 Å². The summed E-state index contributed by atoms with van der Waals surface area (Å²) in [6, 6.07) is 21.7. The van der Waals surface area contributed by atoms with Crippen molar-refractivity contribution < 1.29 is 5.11 Å². The molecule has 37 heavy (non-hydrogen) atoms. The Morgan fingerprint density at radius 1 is 0.973 bits per heavy atom. The summed E-state index contributed by atoms with van der Waals surface area (Å²) in [6.07, 6.45) is 1.37. The third kappa shape index (κ3) is 4.50. The summed E-state index contributed by atoms with van der Waals surface area (Å²) < 4.78 is 1.75. The number of phenols is 1. The highest BCUT2D eigenvalue weighted by Crippen LogP contribution is 2.31. The van der Waals surface area contributed by atoms with Crippen LogP contribution in [0.4, 0.5) is 11.6 Å². The molecule has 8 heteroatoms. The first-order chi connectivity index (χ1) is 17.8. The number of fused-ring (bicyclic) bond motifs is 1. The number of benzene rings is 3. The van der Waals surface area contributed by atoms with Gasteiger partial charge in [0.1, 0.15) is 23.7 Å². The lowest BCUT2D eigenvalue weighted by Gasteiger charge is -2.21. The van der Waals surface area contributed by atoms with Crippen molar-refractivity contribution >= 4 is 22.4 Å². The summed E-state index contributed by atoms with van der Waals surface area (Å²) in [7, 11) is 0. The number of aromatic hydroxyl groups is 1. The van der Waals surface area contributed by atoms with Crippen LogP contribution in [0.1, 0.15) is 34.0 Å². The molecule has 0 spiro atoms. The van der Waals surface area contributed by atoms with Gasteiger partial charge in [-0.05, 0) is 60.2 Å². The van der Waals surface area contributed by atoms with Gasteiger partial charge in [-0.25, -0.2) is 9.97 Å². The van der Waals surface area contributed by atoms with E-state index in [2.05, 4.69) is 15.3 Å². The summed E-state index contributed by atoms with van der Waals surface area (Å²) in [5.41, 5.74) is 17.4. The van der Waals surface area contributed by atoms with Gasteiger partial charge in [0.2, 0.25) is 0 Å². The average Bonchev–Trinajstić information content (AvgIpc) is 2.88. The van der Waals surface area contributed by atoms with E-state index in [1.807, 2.05) is 68.4 Å². The van der Waals surface area contributed by atoms with Gasteiger partial charge in [0, 0.05) is 5.69 Å². The van der Waals surface area contributed by atoms with Crippen molar-refractivity contribution in [1.82, 2.24) is 14.5 Å². The van der Waals surface area contributed by atoms with Crippen molar-refractivity contribution in [1.29, 1.82) is 0 Å². The van der Waals surface area contributed by atoms with Gasteiger partial charge in [-0.15, -0.1) is 0 Å². The van der Waals surface area contributed by atoms with Crippen molar-refractivity contribution in [3.8, 4) is 11.4 Å². The molecule has 2 aromatic heterocycles. The maximum absolute atomic E-state index is 13.8. The number of nitrogens with zero attached hydrogens (tertiary/aromatic N) is 3. The van der Waals surface area contributed by atoms with Crippen LogP contribution in [0.2, 0.25) is 0 Å². The van der Waals surface area contributed by atoms with Crippen LogP contribution >= 0.6 is 0 Å². The van der Waals surface area contributed by atoms with E-state index < -0.39 is 6.04 Å². The number of rotatable bonds is 6. The van der Waals surface area contributed by atoms with Gasteiger partial charge in [0.15, 0.2) is 0 Å². The summed E-state index contributed by atoms with van der Waals surface area (Å²) in [5.74, 6) is 0.793. The Morgan fingerprint density at radius 3 is 2.51 bits per heavy atom. The molecule has 0 saturated carbocycles. The fourth-order valence-corrected chi connectivity index (χ4v) is 4.71. The molecule has 0 bridgehead atoms. The van der Waals surface area contributed by atoms with Crippen LogP contribution in [0.15, 0.2) is 83.9 Å².